The number of ether oxygens (including phenoxy) is 1. The van der Waals surface area contributed by atoms with Crippen molar-refractivity contribution in [2.75, 3.05) is 23.2 Å². The minimum Gasteiger partial charge on any atom is -0.457 e. The quantitative estimate of drug-likeness (QED) is 0.501. The Morgan fingerprint density at radius 3 is 2.47 bits per heavy atom. The molecule has 0 bridgehead atoms. The smallest absolute Gasteiger partial charge is 0.317 e. The number of Topliss-reactive ketones (excluding diaryl/α,β-unsaturated/α-hetero) is 1. The van der Waals surface area contributed by atoms with Crippen molar-refractivity contribution < 1.29 is 22.7 Å². The number of benzene rings is 2. The minimum absolute atomic E-state index is 0.0340. The van der Waals surface area contributed by atoms with Crippen LogP contribution in [-0.4, -0.2) is 39.1 Å². The fourth-order valence-corrected chi connectivity index (χ4v) is 5.40. The number of ketones is 1. The molecule has 0 spiro atoms. The van der Waals surface area contributed by atoms with Crippen LogP contribution in [0.2, 0.25) is 0 Å². The number of hydrogen-bond acceptors (Lipinski definition) is 5. The standard InChI is InChI=1S/C23H25NO5S/c1-2-30(27,28)24-14-11-17-15-18(9-10-20(17)24)21(25)16-29-22(26)23(12-6-13-23)19-7-4-3-5-8-19/h3-5,7-10,15H,2,6,11-14,16H2,1H3. The van der Waals surface area contributed by atoms with Gasteiger partial charge in [-0.15, -0.1) is 0 Å². The van der Waals surface area contributed by atoms with Crippen molar-refractivity contribution in [2.45, 2.75) is 38.0 Å². The van der Waals surface area contributed by atoms with Crippen LogP contribution in [0.5, 0.6) is 0 Å². The molecule has 0 amide bonds. The first-order valence-electron chi connectivity index (χ1n) is 10.3. The van der Waals surface area contributed by atoms with E-state index in [2.05, 4.69) is 0 Å². The molecule has 0 unspecified atom stereocenters. The molecule has 1 fully saturated rings. The van der Waals surface area contributed by atoms with Gasteiger partial charge in [0, 0.05) is 12.1 Å². The summed E-state index contributed by atoms with van der Waals surface area (Å²) in [5.74, 6) is -0.605. The summed E-state index contributed by atoms with van der Waals surface area (Å²) in [5, 5.41) is 0. The Morgan fingerprint density at radius 2 is 1.83 bits per heavy atom. The summed E-state index contributed by atoms with van der Waals surface area (Å²) in [6.07, 6.45) is 2.97. The Labute approximate surface area is 176 Å². The number of hydrogen-bond donors (Lipinski definition) is 0. The highest BCUT2D eigenvalue weighted by Gasteiger charge is 2.47. The second-order valence-corrected chi connectivity index (χ2v) is 10.0. The maximum atomic E-state index is 12.8. The van der Waals surface area contributed by atoms with Crippen molar-refractivity contribution >= 4 is 27.5 Å². The van der Waals surface area contributed by atoms with Crippen molar-refractivity contribution in [3.8, 4) is 0 Å². The van der Waals surface area contributed by atoms with E-state index >= 15 is 0 Å². The second-order valence-electron chi connectivity index (χ2n) is 7.87. The summed E-state index contributed by atoms with van der Waals surface area (Å²) < 4.78 is 31.3. The summed E-state index contributed by atoms with van der Waals surface area (Å²) in [6.45, 7) is 1.69. The molecule has 6 nitrogen and oxygen atoms in total. The third kappa shape index (κ3) is 3.51. The van der Waals surface area contributed by atoms with Crippen molar-refractivity contribution in [3.05, 3.63) is 65.2 Å². The molecule has 4 rings (SSSR count). The maximum Gasteiger partial charge on any atom is 0.317 e. The summed E-state index contributed by atoms with van der Waals surface area (Å²) in [4.78, 5) is 25.5. The fraction of sp³-hybridized carbons (Fsp3) is 0.391. The van der Waals surface area contributed by atoms with Crippen molar-refractivity contribution in [2.24, 2.45) is 0 Å². The van der Waals surface area contributed by atoms with Gasteiger partial charge < -0.3 is 4.74 Å². The number of esters is 1. The lowest BCUT2D eigenvalue weighted by Crippen LogP contribution is -2.44. The van der Waals surface area contributed by atoms with Crippen LogP contribution in [0.25, 0.3) is 0 Å². The van der Waals surface area contributed by atoms with Crippen LogP contribution >= 0.6 is 0 Å². The van der Waals surface area contributed by atoms with Crippen LogP contribution in [0.4, 0.5) is 5.69 Å². The molecule has 1 aliphatic carbocycles. The van der Waals surface area contributed by atoms with E-state index in [-0.39, 0.29) is 24.1 Å². The molecular formula is C23H25NO5S. The topological polar surface area (TPSA) is 80.8 Å². The number of fused-ring (bicyclic) bond motifs is 1. The number of carbonyl (C=O) groups excluding carboxylic acids is 2. The largest absolute Gasteiger partial charge is 0.457 e. The maximum absolute atomic E-state index is 12.8. The first kappa shape index (κ1) is 20.6. The number of anilines is 1. The van der Waals surface area contributed by atoms with Crippen molar-refractivity contribution in [3.63, 3.8) is 0 Å². The Morgan fingerprint density at radius 1 is 1.10 bits per heavy atom. The average Bonchev–Trinajstić information content (AvgIpc) is 3.16. The van der Waals surface area contributed by atoms with Crippen LogP contribution in [0, 0.1) is 0 Å². The molecule has 0 saturated heterocycles. The number of carbonyl (C=O) groups is 2. The SMILES string of the molecule is CCS(=O)(=O)N1CCc2cc(C(=O)COC(=O)C3(c4ccccc4)CCC3)ccc21. The zero-order chi connectivity index (χ0) is 21.4. The summed E-state index contributed by atoms with van der Waals surface area (Å²) in [7, 11) is -3.33. The Bertz CT molecular complexity index is 1070. The molecule has 2 aliphatic rings. The van der Waals surface area contributed by atoms with Gasteiger partial charge in [0.25, 0.3) is 0 Å². The van der Waals surface area contributed by atoms with E-state index < -0.39 is 15.4 Å². The molecule has 0 atom stereocenters. The molecule has 158 valence electrons. The third-order valence-electron chi connectivity index (χ3n) is 6.21. The average molecular weight is 428 g/mol. The Kier molecular flexibility index (Phi) is 5.40. The molecule has 1 heterocycles. The van der Waals surface area contributed by atoms with Crippen LogP contribution in [-0.2, 0) is 31.4 Å². The molecule has 2 aromatic carbocycles. The highest BCUT2D eigenvalue weighted by molar-refractivity contribution is 7.92. The molecule has 0 aromatic heterocycles. The van der Waals surface area contributed by atoms with E-state index in [1.54, 1.807) is 25.1 Å². The lowest BCUT2D eigenvalue weighted by atomic mass is 9.64. The second kappa shape index (κ2) is 7.87. The molecule has 2 aromatic rings. The molecule has 0 radical (unpaired) electrons. The fourth-order valence-electron chi connectivity index (χ4n) is 4.24. The van der Waals surface area contributed by atoms with Crippen LogP contribution < -0.4 is 4.31 Å². The highest BCUT2D eigenvalue weighted by atomic mass is 32.2. The first-order chi connectivity index (χ1) is 14.4. The van der Waals surface area contributed by atoms with Gasteiger partial charge in [0.05, 0.1) is 16.9 Å². The van der Waals surface area contributed by atoms with Gasteiger partial charge in [-0.05, 0) is 55.5 Å². The molecule has 1 aliphatic heterocycles. The molecule has 7 heteroatoms. The molecule has 0 N–H and O–H groups in total. The molecular weight excluding hydrogens is 402 g/mol. The predicted molar refractivity (Wildman–Crippen MR) is 114 cm³/mol. The first-order valence-corrected chi connectivity index (χ1v) is 11.9. The van der Waals surface area contributed by atoms with Gasteiger partial charge in [0.15, 0.2) is 12.4 Å². The predicted octanol–water partition coefficient (Wildman–Crippen LogP) is 3.25. The highest BCUT2D eigenvalue weighted by Crippen LogP contribution is 2.44. The van der Waals surface area contributed by atoms with Gasteiger partial charge in [0.1, 0.15) is 0 Å². The van der Waals surface area contributed by atoms with Crippen LogP contribution in [0.3, 0.4) is 0 Å². The van der Waals surface area contributed by atoms with Crippen molar-refractivity contribution in [1.29, 1.82) is 0 Å². The van der Waals surface area contributed by atoms with E-state index in [9.17, 15) is 18.0 Å². The lowest BCUT2D eigenvalue weighted by Gasteiger charge is -2.39. The van der Waals surface area contributed by atoms with Crippen LogP contribution in [0.15, 0.2) is 48.5 Å². The Hall–Kier alpha value is -2.67. The van der Waals surface area contributed by atoms with Gasteiger partial charge in [-0.2, -0.15) is 0 Å². The minimum atomic E-state index is -3.33. The number of nitrogens with zero attached hydrogens (tertiary/aromatic N) is 1. The van der Waals surface area contributed by atoms with Gasteiger partial charge in [-0.25, -0.2) is 8.42 Å². The lowest BCUT2D eigenvalue weighted by molar-refractivity contribution is -0.153. The normalized spacial score (nSPS) is 17.2. The van der Waals surface area contributed by atoms with Gasteiger partial charge >= 0.3 is 5.97 Å². The zero-order valence-corrected chi connectivity index (χ0v) is 17.8. The van der Waals surface area contributed by atoms with E-state index in [1.165, 1.54) is 4.31 Å². The molecule has 1 saturated carbocycles. The third-order valence-corrected chi connectivity index (χ3v) is 7.99. The summed E-state index contributed by atoms with van der Waals surface area (Å²) >= 11 is 0. The van der Waals surface area contributed by atoms with Gasteiger partial charge in [-0.1, -0.05) is 36.8 Å². The van der Waals surface area contributed by atoms with E-state index in [0.717, 1.165) is 30.4 Å². The number of sulfonamides is 1. The van der Waals surface area contributed by atoms with Crippen molar-refractivity contribution in [1.82, 2.24) is 0 Å². The van der Waals surface area contributed by atoms with E-state index in [0.29, 0.717) is 24.2 Å². The van der Waals surface area contributed by atoms with Gasteiger partial charge in [0.2, 0.25) is 10.0 Å². The molecule has 30 heavy (non-hydrogen) atoms. The zero-order valence-electron chi connectivity index (χ0n) is 17.0. The summed E-state index contributed by atoms with van der Waals surface area (Å²) in [5.41, 5.74) is 2.17. The van der Waals surface area contributed by atoms with Crippen LogP contribution in [0.1, 0.15) is 47.7 Å². The van der Waals surface area contributed by atoms with Gasteiger partial charge in [-0.3, -0.25) is 13.9 Å². The summed E-state index contributed by atoms with van der Waals surface area (Å²) in [6, 6.07) is 14.6. The Balaban J connectivity index is 1.45. The number of rotatable bonds is 7. The van der Waals surface area contributed by atoms with E-state index in [4.69, 9.17) is 4.74 Å². The monoisotopic (exact) mass is 427 g/mol. The van der Waals surface area contributed by atoms with E-state index in [1.807, 2.05) is 30.3 Å².